The van der Waals surface area contributed by atoms with Crippen molar-refractivity contribution in [3.63, 3.8) is 0 Å². The van der Waals surface area contributed by atoms with E-state index in [1.165, 1.54) is 12.1 Å². The Balaban J connectivity index is 0.00000162. The van der Waals surface area contributed by atoms with Crippen molar-refractivity contribution in [3.05, 3.63) is 34.6 Å². The SMILES string of the molecule is Cl.O=C(N[C@@H]1CCCNC1)c1ccc(Cl)cc1F. The molecular weight excluding hydrogens is 278 g/mol. The highest BCUT2D eigenvalue weighted by atomic mass is 35.5. The predicted molar refractivity (Wildman–Crippen MR) is 72.0 cm³/mol. The van der Waals surface area contributed by atoms with Gasteiger partial charge in [0, 0.05) is 17.6 Å². The van der Waals surface area contributed by atoms with Gasteiger partial charge in [-0.1, -0.05) is 11.6 Å². The van der Waals surface area contributed by atoms with E-state index in [9.17, 15) is 9.18 Å². The Kier molecular flexibility index (Phi) is 5.85. The summed E-state index contributed by atoms with van der Waals surface area (Å²) in [5.74, 6) is -0.966. The van der Waals surface area contributed by atoms with Gasteiger partial charge in [0.05, 0.1) is 5.56 Å². The minimum atomic E-state index is -0.584. The van der Waals surface area contributed by atoms with Gasteiger partial charge in [0.1, 0.15) is 5.82 Å². The number of piperidine rings is 1. The molecule has 6 heteroatoms. The minimum Gasteiger partial charge on any atom is -0.348 e. The van der Waals surface area contributed by atoms with Gasteiger partial charge in [0.15, 0.2) is 0 Å². The van der Waals surface area contributed by atoms with E-state index in [-0.39, 0.29) is 29.9 Å². The van der Waals surface area contributed by atoms with E-state index >= 15 is 0 Å². The Morgan fingerprint density at radius 3 is 2.89 bits per heavy atom. The van der Waals surface area contributed by atoms with E-state index in [1.807, 2.05) is 0 Å². The monoisotopic (exact) mass is 292 g/mol. The predicted octanol–water partition coefficient (Wildman–Crippen LogP) is 2.38. The van der Waals surface area contributed by atoms with Crippen molar-refractivity contribution in [2.45, 2.75) is 18.9 Å². The summed E-state index contributed by atoms with van der Waals surface area (Å²) in [7, 11) is 0. The summed E-state index contributed by atoms with van der Waals surface area (Å²) in [5.41, 5.74) is 0.0416. The van der Waals surface area contributed by atoms with Gasteiger partial charge >= 0.3 is 0 Å². The van der Waals surface area contributed by atoms with Gasteiger partial charge in [-0.25, -0.2) is 4.39 Å². The number of amides is 1. The van der Waals surface area contributed by atoms with Gasteiger partial charge in [0.25, 0.3) is 5.91 Å². The second-order valence-electron chi connectivity index (χ2n) is 4.14. The van der Waals surface area contributed by atoms with Gasteiger partial charge in [-0.3, -0.25) is 4.79 Å². The second kappa shape index (κ2) is 6.92. The summed E-state index contributed by atoms with van der Waals surface area (Å²) in [6.07, 6.45) is 1.95. The largest absolute Gasteiger partial charge is 0.348 e. The van der Waals surface area contributed by atoms with Gasteiger partial charge < -0.3 is 10.6 Å². The van der Waals surface area contributed by atoms with Crippen LogP contribution in [-0.4, -0.2) is 25.0 Å². The van der Waals surface area contributed by atoms with Crippen LogP contribution in [0.4, 0.5) is 4.39 Å². The maximum absolute atomic E-state index is 13.5. The smallest absolute Gasteiger partial charge is 0.254 e. The Hall–Kier alpha value is -0.840. The summed E-state index contributed by atoms with van der Waals surface area (Å²) in [6, 6.07) is 4.14. The van der Waals surface area contributed by atoms with Crippen molar-refractivity contribution >= 4 is 29.9 Å². The third kappa shape index (κ3) is 3.83. The minimum absolute atomic E-state index is 0. The molecule has 2 N–H and O–H groups in total. The molecule has 18 heavy (non-hydrogen) atoms. The molecule has 2 rings (SSSR count). The van der Waals surface area contributed by atoms with E-state index in [4.69, 9.17) is 11.6 Å². The van der Waals surface area contributed by atoms with Crippen molar-refractivity contribution in [3.8, 4) is 0 Å². The van der Waals surface area contributed by atoms with Gasteiger partial charge in [-0.15, -0.1) is 12.4 Å². The molecule has 0 saturated carbocycles. The lowest BCUT2D eigenvalue weighted by Crippen LogP contribution is -2.45. The molecule has 1 aliphatic rings. The molecule has 1 heterocycles. The molecule has 0 spiro atoms. The summed E-state index contributed by atoms with van der Waals surface area (Å²) >= 11 is 5.63. The molecule has 0 unspecified atom stereocenters. The van der Waals surface area contributed by atoms with Crippen LogP contribution in [0.25, 0.3) is 0 Å². The van der Waals surface area contributed by atoms with Crippen LogP contribution in [0.2, 0.25) is 5.02 Å². The zero-order valence-corrected chi connectivity index (χ0v) is 11.3. The molecule has 0 radical (unpaired) electrons. The van der Waals surface area contributed by atoms with Gasteiger partial charge in [-0.05, 0) is 37.6 Å². The van der Waals surface area contributed by atoms with Crippen molar-refractivity contribution in [1.82, 2.24) is 10.6 Å². The second-order valence-corrected chi connectivity index (χ2v) is 4.58. The van der Waals surface area contributed by atoms with Crippen molar-refractivity contribution in [2.75, 3.05) is 13.1 Å². The Morgan fingerprint density at radius 2 is 2.28 bits per heavy atom. The van der Waals surface area contributed by atoms with Crippen LogP contribution in [0.15, 0.2) is 18.2 Å². The van der Waals surface area contributed by atoms with Crippen molar-refractivity contribution < 1.29 is 9.18 Å². The Labute approximate surface area is 116 Å². The van der Waals surface area contributed by atoms with E-state index in [0.717, 1.165) is 32.0 Å². The quantitative estimate of drug-likeness (QED) is 0.879. The number of benzene rings is 1. The topological polar surface area (TPSA) is 41.1 Å². The number of hydrogen-bond acceptors (Lipinski definition) is 2. The maximum Gasteiger partial charge on any atom is 0.254 e. The first-order valence-corrected chi connectivity index (χ1v) is 6.01. The highest BCUT2D eigenvalue weighted by Gasteiger charge is 2.18. The Morgan fingerprint density at radius 1 is 1.50 bits per heavy atom. The van der Waals surface area contributed by atoms with Crippen molar-refractivity contribution in [2.24, 2.45) is 0 Å². The van der Waals surface area contributed by atoms with E-state index < -0.39 is 5.82 Å². The summed E-state index contributed by atoms with van der Waals surface area (Å²) < 4.78 is 13.5. The number of hydrogen-bond donors (Lipinski definition) is 2. The van der Waals surface area contributed by atoms with Crippen LogP contribution in [-0.2, 0) is 0 Å². The fourth-order valence-electron chi connectivity index (χ4n) is 1.91. The van der Waals surface area contributed by atoms with Gasteiger partial charge in [-0.2, -0.15) is 0 Å². The van der Waals surface area contributed by atoms with E-state index in [0.29, 0.717) is 5.02 Å². The zero-order valence-electron chi connectivity index (χ0n) is 9.71. The van der Waals surface area contributed by atoms with Crippen molar-refractivity contribution in [1.29, 1.82) is 0 Å². The first-order chi connectivity index (χ1) is 8.16. The normalized spacial score (nSPS) is 18.9. The summed E-state index contributed by atoms with van der Waals surface area (Å²) in [4.78, 5) is 11.8. The third-order valence-corrected chi connectivity index (χ3v) is 3.04. The van der Waals surface area contributed by atoms with Crippen LogP contribution in [0.5, 0.6) is 0 Å². The lowest BCUT2D eigenvalue weighted by atomic mass is 10.1. The lowest BCUT2D eigenvalue weighted by molar-refractivity contribution is 0.0926. The number of carbonyl (C=O) groups is 1. The van der Waals surface area contributed by atoms with E-state index in [2.05, 4.69) is 10.6 Å². The molecule has 3 nitrogen and oxygen atoms in total. The number of rotatable bonds is 2. The molecule has 1 aliphatic heterocycles. The first kappa shape index (κ1) is 15.2. The van der Waals surface area contributed by atoms with Crippen LogP contribution in [0.3, 0.4) is 0 Å². The average molecular weight is 293 g/mol. The first-order valence-electron chi connectivity index (χ1n) is 5.63. The molecule has 1 amide bonds. The molecule has 0 bridgehead atoms. The number of carbonyl (C=O) groups excluding carboxylic acids is 1. The fraction of sp³-hybridized carbons (Fsp3) is 0.417. The van der Waals surface area contributed by atoms with Crippen LogP contribution >= 0.6 is 24.0 Å². The van der Waals surface area contributed by atoms with Crippen LogP contribution in [0.1, 0.15) is 23.2 Å². The van der Waals surface area contributed by atoms with Crippen LogP contribution < -0.4 is 10.6 Å². The average Bonchev–Trinajstić information content (AvgIpc) is 2.30. The molecular formula is C12H15Cl2FN2O. The molecule has 1 aromatic rings. The third-order valence-electron chi connectivity index (χ3n) is 2.81. The standard InChI is InChI=1S/C12H14ClFN2O.ClH/c13-8-3-4-10(11(14)6-8)12(17)16-9-2-1-5-15-7-9;/h3-4,6,9,15H,1-2,5,7H2,(H,16,17);1H/t9-;/m1./s1. The van der Waals surface area contributed by atoms with E-state index in [1.54, 1.807) is 0 Å². The molecule has 1 fully saturated rings. The molecule has 0 aliphatic carbocycles. The Bertz CT molecular complexity index is 423. The molecule has 100 valence electrons. The molecule has 0 aromatic heterocycles. The molecule has 1 saturated heterocycles. The highest BCUT2D eigenvalue weighted by molar-refractivity contribution is 6.30. The number of nitrogens with one attached hydrogen (secondary N) is 2. The molecule has 1 atom stereocenters. The fourth-order valence-corrected chi connectivity index (χ4v) is 2.07. The molecule has 1 aromatic carbocycles. The maximum atomic E-state index is 13.5. The zero-order chi connectivity index (χ0) is 12.3. The highest BCUT2D eigenvalue weighted by Crippen LogP contribution is 2.15. The van der Waals surface area contributed by atoms with Gasteiger partial charge in [0.2, 0.25) is 0 Å². The van der Waals surface area contributed by atoms with Crippen LogP contribution in [0, 0.1) is 5.82 Å². The number of halogens is 3. The summed E-state index contributed by atoms with van der Waals surface area (Å²) in [6.45, 7) is 1.71. The lowest BCUT2D eigenvalue weighted by Gasteiger charge is -2.23. The summed E-state index contributed by atoms with van der Waals surface area (Å²) in [5, 5.41) is 6.29.